The molecule has 3 rings (SSSR count). The van der Waals surface area contributed by atoms with E-state index in [0.29, 0.717) is 26.2 Å². The Kier molecular flexibility index (Phi) is 4.23. The van der Waals surface area contributed by atoms with Crippen LogP contribution in [0.25, 0.3) is 10.9 Å². The Morgan fingerprint density at radius 1 is 1.09 bits per heavy atom. The lowest BCUT2D eigenvalue weighted by atomic mass is 10.2. The van der Waals surface area contributed by atoms with Crippen LogP contribution in [-0.4, -0.2) is 52.5 Å². The number of anilines is 1. The molecule has 1 N–H and O–H groups in total. The third kappa shape index (κ3) is 3.02. The third-order valence-electron chi connectivity index (χ3n) is 4.38. The quantitative estimate of drug-likeness (QED) is 0.925. The molecule has 1 aliphatic rings. The van der Waals surface area contributed by atoms with E-state index in [9.17, 15) is 9.59 Å². The maximum absolute atomic E-state index is 12.5. The fraction of sp³-hybridized carbons (Fsp3) is 0.412. The van der Waals surface area contributed by atoms with Crippen LogP contribution in [0.1, 0.15) is 13.8 Å². The first kappa shape index (κ1) is 15.4. The molecule has 23 heavy (non-hydrogen) atoms. The van der Waals surface area contributed by atoms with Crippen molar-refractivity contribution in [3.63, 3.8) is 0 Å². The minimum Gasteiger partial charge on any atom is -0.346 e. The molecule has 2 aromatic rings. The Hall–Kier alpha value is -2.50. The molecule has 6 nitrogen and oxygen atoms in total. The standard InChI is InChI=1S/C17H22N4O2/c1-3-19-12-15(14-6-4-5-7-16(14)19)18-17(23)21-10-8-20(9-11-21)13(2)22/h4-7,12H,3,8-11H2,1-2H3,(H,18,23). The van der Waals surface area contributed by atoms with Crippen LogP contribution in [0.2, 0.25) is 0 Å². The van der Waals surface area contributed by atoms with Gasteiger partial charge in [-0.2, -0.15) is 0 Å². The zero-order chi connectivity index (χ0) is 16.4. The van der Waals surface area contributed by atoms with E-state index in [-0.39, 0.29) is 11.9 Å². The molecule has 1 aromatic heterocycles. The van der Waals surface area contributed by atoms with E-state index in [1.165, 1.54) is 0 Å². The Balaban J connectivity index is 1.73. The first-order chi connectivity index (χ1) is 11.1. The number of rotatable bonds is 2. The molecular weight excluding hydrogens is 292 g/mol. The molecule has 122 valence electrons. The van der Waals surface area contributed by atoms with Crippen molar-refractivity contribution in [2.24, 2.45) is 0 Å². The molecule has 0 bridgehead atoms. The van der Waals surface area contributed by atoms with Gasteiger partial charge in [0.1, 0.15) is 0 Å². The number of benzene rings is 1. The summed E-state index contributed by atoms with van der Waals surface area (Å²) in [5, 5.41) is 4.06. The first-order valence-corrected chi connectivity index (χ1v) is 7.99. The smallest absolute Gasteiger partial charge is 0.322 e. The normalized spacial score (nSPS) is 15.0. The Labute approximate surface area is 135 Å². The van der Waals surface area contributed by atoms with E-state index < -0.39 is 0 Å². The van der Waals surface area contributed by atoms with Gasteiger partial charge < -0.3 is 19.7 Å². The van der Waals surface area contributed by atoms with Crippen LogP contribution in [0, 0.1) is 0 Å². The number of aryl methyl sites for hydroxylation is 1. The molecule has 0 unspecified atom stereocenters. The summed E-state index contributed by atoms with van der Waals surface area (Å²) >= 11 is 0. The van der Waals surface area contributed by atoms with Gasteiger partial charge in [-0.25, -0.2) is 4.79 Å². The predicted molar refractivity (Wildman–Crippen MR) is 90.5 cm³/mol. The van der Waals surface area contributed by atoms with Gasteiger partial charge in [-0.3, -0.25) is 4.79 Å². The lowest BCUT2D eigenvalue weighted by Gasteiger charge is -2.34. The zero-order valence-electron chi connectivity index (χ0n) is 13.6. The highest BCUT2D eigenvalue weighted by Crippen LogP contribution is 2.26. The van der Waals surface area contributed by atoms with Crippen LogP contribution < -0.4 is 5.32 Å². The van der Waals surface area contributed by atoms with Crippen LogP contribution in [0.15, 0.2) is 30.5 Å². The molecule has 0 saturated carbocycles. The van der Waals surface area contributed by atoms with E-state index >= 15 is 0 Å². The molecule has 0 spiro atoms. The van der Waals surface area contributed by atoms with Crippen molar-refractivity contribution in [1.82, 2.24) is 14.4 Å². The topological polar surface area (TPSA) is 57.6 Å². The van der Waals surface area contributed by atoms with E-state index in [4.69, 9.17) is 0 Å². The van der Waals surface area contributed by atoms with Gasteiger partial charge in [0.25, 0.3) is 0 Å². The molecule has 0 aliphatic carbocycles. The van der Waals surface area contributed by atoms with Crippen LogP contribution in [0.5, 0.6) is 0 Å². The molecule has 1 fully saturated rings. The predicted octanol–water partition coefficient (Wildman–Crippen LogP) is 2.36. The van der Waals surface area contributed by atoms with Crippen molar-refractivity contribution < 1.29 is 9.59 Å². The molecule has 0 atom stereocenters. The number of piperazine rings is 1. The van der Waals surface area contributed by atoms with Crippen molar-refractivity contribution >= 4 is 28.5 Å². The third-order valence-corrected chi connectivity index (χ3v) is 4.38. The SMILES string of the molecule is CCn1cc(NC(=O)N2CCN(C(C)=O)CC2)c2ccccc21. The highest BCUT2D eigenvalue weighted by molar-refractivity contribution is 6.01. The fourth-order valence-electron chi connectivity index (χ4n) is 3.03. The van der Waals surface area contributed by atoms with Crippen LogP contribution in [-0.2, 0) is 11.3 Å². The summed E-state index contributed by atoms with van der Waals surface area (Å²) < 4.78 is 2.12. The Morgan fingerprint density at radius 3 is 2.39 bits per heavy atom. The van der Waals surface area contributed by atoms with Gasteiger partial charge in [0, 0.05) is 51.2 Å². The number of carbonyl (C=O) groups is 2. The largest absolute Gasteiger partial charge is 0.346 e. The van der Waals surface area contributed by atoms with Crippen molar-refractivity contribution in [2.75, 3.05) is 31.5 Å². The van der Waals surface area contributed by atoms with E-state index in [2.05, 4.69) is 22.9 Å². The number of nitrogens with one attached hydrogen (secondary N) is 1. The van der Waals surface area contributed by atoms with E-state index in [1.807, 2.05) is 24.4 Å². The van der Waals surface area contributed by atoms with Gasteiger partial charge in [0.15, 0.2) is 0 Å². The maximum atomic E-state index is 12.5. The average Bonchev–Trinajstić information content (AvgIpc) is 2.93. The minimum absolute atomic E-state index is 0.0658. The number of hydrogen-bond donors (Lipinski definition) is 1. The summed E-state index contributed by atoms with van der Waals surface area (Å²) in [6.45, 7) is 6.83. The molecule has 1 aromatic carbocycles. The van der Waals surface area contributed by atoms with Crippen LogP contribution >= 0.6 is 0 Å². The van der Waals surface area contributed by atoms with Gasteiger partial charge in [0.2, 0.25) is 5.91 Å². The second kappa shape index (κ2) is 6.32. The van der Waals surface area contributed by atoms with Gasteiger partial charge in [-0.15, -0.1) is 0 Å². The second-order valence-corrected chi connectivity index (χ2v) is 5.77. The van der Waals surface area contributed by atoms with Crippen molar-refractivity contribution in [1.29, 1.82) is 0 Å². The van der Waals surface area contributed by atoms with Gasteiger partial charge in [0.05, 0.1) is 11.2 Å². The van der Waals surface area contributed by atoms with Gasteiger partial charge >= 0.3 is 6.03 Å². The molecule has 1 aliphatic heterocycles. The number of hydrogen-bond acceptors (Lipinski definition) is 2. The van der Waals surface area contributed by atoms with Crippen LogP contribution in [0.4, 0.5) is 10.5 Å². The number of fused-ring (bicyclic) bond motifs is 1. The van der Waals surface area contributed by atoms with Gasteiger partial charge in [-0.05, 0) is 13.0 Å². The summed E-state index contributed by atoms with van der Waals surface area (Å²) in [5.41, 5.74) is 1.95. The second-order valence-electron chi connectivity index (χ2n) is 5.77. The summed E-state index contributed by atoms with van der Waals surface area (Å²) in [6.07, 6.45) is 1.98. The maximum Gasteiger partial charge on any atom is 0.322 e. The van der Waals surface area contributed by atoms with Crippen molar-refractivity contribution in [3.05, 3.63) is 30.5 Å². The zero-order valence-corrected chi connectivity index (χ0v) is 13.6. The number of aromatic nitrogens is 1. The van der Waals surface area contributed by atoms with E-state index in [1.54, 1.807) is 16.7 Å². The average molecular weight is 314 g/mol. The summed E-state index contributed by atoms with van der Waals surface area (Å²) in [4.78, 5) is 27.4. The fourth-order valence-corrected chi connectivity index (χ4v) is 3.03. The molecule has 1 saturated heterocycles. The van der Waals surface area contributed by atoms with Crippen molar-refractivity contribution in [3.8, 4) is 0 Å². The monoisotopic (exact) mass is 314 g/mol. The number of para-hydroxylation sites is 1. The lowest BCUT2D eigenvalue weighted by Crippen LogP contribution is -2.51. The Morgan fingerprint density at radius 2 is 1.74 bits per heavy atom. The number of amides is 3. The molecular formula is C17H22N4O2. The summed E-state index contributed by atoms with van der Waals surface area (Å²) in [5.74, 6) is 0.0658. The highest BCUT2D eigenvalue weighted by atomic mass is 16.2. The Bertz CT molecular complexity index is 729. The number of nitrogens with zero attached hydrogens (tertiary/aromatic N) is 3. The minimum atomic E-state index is -0.104. The van der Waals surface area contributed by atoms with E-state index in [0.717, 1.165) is 23.1 Å². The first-order valence-electron chi connectivity index (χ1n) is 7.99. The van der Waals surface area contributed by atoms with Crippen molar-refractivity contribution in [2.45, 2.75) is 20.4 Å². The molecule has 6 heteroatoms. The number of carbonyl (C=O) groups excluding carboxylic acids is 2. The summed E-state index contributed by atoms with van der Waals surface area (Å²) in [6, 6.07) is 7.95. The summed E-state index contributed by atoms with van der Waals surface area (Å²) in [7, 11) is 0. The molecule has 3 amide bonds. The van der Waals surface area contributed by atoms with Gasteiger partial charge in [-0.1, -0.05) is 18.2 Å². The molecule has 2 heterocycles. The lowest BCUT2D eigenvalue weighted by molar-refractivity contribution is -0.130. The number of urea groups is 1. The molecule has 0 radical (unpaired) electrons. The van der Waals surface area contributed by atoms with Crippen LogP contribution in [0.3, 0.4) is 0 Å². The highest BCUT2D eigenvalue weighted by Gasteiger charge is 2.23.